The van der Waals surface area contributed by atoms with Crippen LogP contribution in [0.15, 0.2) is 36.7 Å². The average Bonchev–Trinajstić information content (AvgIpc) is 3.02. The summed E-state index contributed by atoms with van der Waals surface area (Å²) >= 11 is 0. The first-order valence-electron chi connectivity index (χ1n) is 6.41. The van der Waals surface area contributed by atoms with Gasteiger partial charge in [-0.1, -0.05) is 18.2 Å². The number of hydrogen-bond acceptors (Lipinski definition) is 3. The molecule has 1 N–H and O–H groups in total. The van der Waals surface area contributed by atoms with Crippen LogP contribution >= 0.6 is 0 Å². The van der Waals surface area contributed by atoms with E-state index in [9.17, 15) is 14.0 Å². The van der Waals surface area contributed by atoms with Crippen molar-refractivity contribution in [2.24, 2.45) is 7.05 Å². The number of hydrogen-bond donors (Lipinski definition) is 1. The van der Waals surface area contributed by atoms with Gasteiger partial charge >= 0.3 is 6.03 Å². The maximum atomic E-state index is 14.2. The molecule has 108 valence electrons. The van der Waals surface area contributed by atoms with E-state index in [4.69, 9.17) is 0 Å². The number of aryl methyl sites for hydroxylation is 1. The van der Waals surface area contributed by atoms with Crippen molar-refractivity contribution in [3.8, 4) is 0 Å². The number of benzene rings is 1. The fraction of sp³-hybridized carbons (Fsp3) is 0.214. The molecule has 1 atom stereocenters. The van der Waals surface area contributed by atoms with E-state index in [1.807, 2.05) is 0 Å². The Kier molecular flexibility index (Phi) is 3.17. The molecule has 2 aromatic rings. The van der Waals surface area contributed by atoms with Crippen molar-refractivity contribution in [1.29, 1.82) is 0 Å². The van der Waals surface area contributed by atoms with Gasteiger partial charge in [-0.25, -0.2) is 19.1 Å². The first kappa shape index (κ1) is 13.3. The number of carbonyl (C=O) groups excluding carboxylic acids is 2. The zero-order chi connectivity index (χ0) is 15.0. The molecular weight excluding hydrogens is 275 g/mol. The summed E-state index contributed by atoms with van der Waals surface area (Å²) in [5.74, 6) is -0.472. The predicted molar refractivity (Wildman–Crippen MR) is 71.7 cm³/mol. The summed E-state index contributed by atoms with van der Waals surface area (Å²) in [7, 11) is 1.73. The maximum Gasteiger partial charge on any atom is 0.325 e. The zero-order valence-corrected chi connectivity index (χ0v) is 11.3. The molecule has 1 aliphatic heterocycles. The lowest BCUT2D eigenvalue weighted by molar-refractivity contribution is -0.126. The second-order valence-corrected chi connectivity index (χ2v) is 4.74. The summed E-state index contributed by atoms with van der Waals surface area (Å²) in [5.41, 5.74) is 0.234. The lowest BCUT2D eigenvalue weighted by Gasteiger charge is -2.25. The van der Waals surface area contributed by atoms with E-state index in [2.05, 4.69) is 10.3 Å². The van der Waals surface area contributed by atoms with Gasteiger partial charge in [0.2, 0.25) is 0 Å². The third kappa shape index (κ3) is 2.16. The molecule has 0 spiro atoms. The quantitative estimate of drug-likeness (QED) is 0.863. The monoisotopic (exact) mass is 288 g/mol. The van der Waals surface area contributed by atoms with Crippen molar-refractivity contribution < 1.29 is 14.0 Å². The molecule has 0 radical (unpaired) electrons. The van der Waals surface area contributed by atoms with Crippen LogP contribution in [0.1, 0.15) is 17.4 Å². The molecule has 1 aliphatic rings. The third-order valence-corrected chi connectivity index (χ3v) is 3.44. The van der Waals surface area contributed by atoms with E-state index in [0.717, 1.165) is 4.90 Å². The molecule has 1 saturated heterocycles. The van der Waals surface area contributed by atoms with Crippen LogP contribution in [0.25, 0.3) is 0 Å². The maximum absolute atomic E-state index is 14.2. The van der Waals surface area contributed by atoms with Gasteiger partial charge in [-0.3, -0.25) is 4.79 Å². The van der Waals surface area contributed by atoms with E-state index in [1.54, 1.807) is 42.2 Å². The Bertz CT molecular complexity index is 697. The minimum Gasteiger partial charge on any atom is -0.336 e. The second-order valence-electron chi connectivity index (χ2n) is 4.74. The lowest BCUT2D eigenvalue weighted by atomic mass is 10.0. The van der Waals surface area contributed by atoms with Crippen LogP contribution in [0, 0.1) is 5.82 Å². The van der Waals surface area contributed by atoms with Gasteiger partial charge in [-0.05, 0) is 6.07 Å². The third-order valence-electron chi connectivity index (χ3n) is 3.44. The molecule has 2 heterocycles. The summed E-state index contributed by atoms with van der Waals surface area (Å²) in [6.07, 6.45) is 3.23. The Morgan fingerprint density at radius 1 is 1.33 bits per heavy atom. The number of amides is 3. The fourth-order valence-electron chi connectivity index (χ4n) is 2.43. The Morgan fingerprint density at radius 2 is 2.10 bits per heavy atom. The first-order chi connectivity index (χ1) is 10.1. The molecular formula is C14H13FN4O2. The van der Waals surface area contributed by atoms with Gasteiger partial charge < -0.3 is 9.88 Å². The largest absolute Gasteiger partial charge is 0.336 e. The topological polar surface area (TPSA) is 67.2 Å². The number of nitrogens with zero attached hydrogens (tertiary/aromatic N) is 3. The summed E-state index contributed by atoms with van der Waals surface area (Å²) < 4.78 is 15.8. The molecule has 0 bridgehead atoms. The second kappa shape index (κ2) is 5.01. The molecule has 3 rings (SSSR count). The lowest BCUT2D eigenvalue weighted by Crippen LogP contribution is -2.37. The Balaban J connectivity index is 2.17. The van der Waals surface area contributed by atoms with Crippen LogP contribution in [0.5, 0.6) is 0 Å². The zero-order valence-electron chi connectivity index (χ0n) is 11.3. The highest BCUT2D eigenvalue weighted by Crippen LogP contribution is 2.30. The van der Waals surface area contributed by atoms with E-state index in [1.165, 1.54) is 6.07 Å². The van der Waals surface area contributed by atoms with Gasteiger partial charge in [0, 0.05) is 25.0 Å². The predicted octanol–water partition coefficient (Wildman–Crippen LogP) is 1.20. The molecule has 1 aromatic carbocycles. The van der Waals surface area contributed by atoms with Gasteiger partial charge in [0.15, 0.2) is 0 Å². The van der Waals surface area contributed by atoms with Crippen LogP contribution in [-0.2, 0) is 11.8 Å². The highest BCUT2D eigenvalue weighted by molar-refractivity contribution is 6.02. The van der Waals surface area contributed by atoms with Crippen LogP contribution in [0.3, 0.4) is 0 Å². The van der Waals surface area contributed by atoms with Crippen LogP contribution in [0.2, 0.25) is 0 Å². The van der Waals surface area contributed by atoms with Crippen LogP contribution in [0.4, 0.5) is 9.18 Å². The van der Waals surface area contributed by atoms with E-state index in [0.29, 0.717) is 5.82 Å². The van der Waals surface area contributed by atoms with Crippen molar-refractivity contribution in [2.75, 3.05) is 6.54 Å². The van der Waals surface area contributed by atoms with Gasteiger partial charge in [0.05, 0.1) is 6.54 Å². The summed E-state index contributed by atoms with van der Waals surface area (Å²) in [6, 6.07) is 4.63. The van der Waals surface area contributed by atoms with Crippen molar-refractivity contribution in [3.63, 3.8) is 0 Å². The fourth-order valence-corrected chi connectivity index (χ4v) is 2.43. The molecule has 0 aliphatic carbocycles. The Morgan fingerprint density at radius 3 is 2.67 bits per heavy atom. The standard InChI is InChI=1S/C14H13FN4O2/c1-18-7-6-16-13(18)12(9-4-2-3-5-10(9)15)19-11(20)8-17-14(19)21/h2-7,12H,8H2,1H3,(H,17,21). The van der Waals surface area contributed by atoms with Crippen molar-refractivity contribution >= 4 is 11.9 Å². The van der Waals surface area contributed by atoms with Gasteiger partial charge in [-0.2, -0.15) is 0 Å². The number of rotatable bonds is 3. The number of carbonyl (C=O) groups is 2. The van der Waals surface area contributed by atoms with E-state index in [-0.39, 0.29) is 12.1 Å². The van der Waals surface area contributed by atoms with Crippen molar-refractivity contribution in [2.45, 2.75) is 6.04 Å². The van der Waals surface area contributed by atoms with Crippen LogP contribution < -0.4 is 5.32 Å². The minimum atomic E-state index is -0.888. The van der Waals surface area contributed by atoms with Gasteiger partial charge in [0.25, 0.3) is 5.91 Å². The number of urea groups is 1. The summed E-state index contributed by atoms with van der Waals surface area (Å²) in [5, 5.41) is 2.45. The van der Waals surface area contributed by atoms with E-state index < -0.39 is 23.8 Å². The Labute approximate surface area is 120 Å². The average molecular weight is 288 g/mol. The highest BCUT2D eigenvalue weighted by Gasteiger charge is 2.39. The summed E-state index contributed by atoms with van der Waals surface area (Å²) in [4.78, 5) is 29.1. The van der Waals surface area contributed by atoms with Gasteiger partial charge in [-0.15, -0.1) is 0 Å². The number of aromatic nitrogens is 2. The molecule has 1 aromatic heterocycles. The molecule has 21 heavy (non-hydrogen) atoms. The Hall–Kier alpha value is -2.70. The number of imide groups is 1. The molecule has 0 saturated carbocycles. The number of nitrogens with one attached hydrogen (secondary N) is 1. The van der Waals surface area contributed by atoms with Crippen molar-refractivity contribution in [3.05, 3.63) is 53.9 Å². The smallest absolute Gasteiger partial charge is 0.325 e. The minimum absolute atomic E-state index is 0.0891. The molecule has 1 fully saturated rings. The SMILES string of the molecule is Cn1ccnc1C(c1ccccc1F)N1C(=O)CNC1=O. The van der Waals surface area contributed by atoms with Crippen LogP contribution in [-0.4, -0.2) is 32.9 Å². The highest BCUT2D eigenvalue weighted by atomic mass is 19.1. The summed E-state index contributed by atoms with van der Waals surface area (Å²) in [6.45, 7) is -0.0891. The van der Waals surface area contributed by atoms with Gasteiger partial charge in [0.1, 0.15) is 17.7 Å². The van der Waals surface area contributed by atoms with E-state index >= 15 is 0 Å². The number of imidazole rings is 1. The first-order valence-corrected chi connectivity index (χ1v) is 6.41. The normalized spacial score (nSPS) is 16.2. The molecule has 7 heteroatoms. The van der Waals surface area contributed by atoms with Crippen molar-refractivity contribution in [1.82, 2.24) is 19.8 Å². The molecule has 1 unspecified atom stereocenters. The molecule has 3 amide bonds. The number of halogens is 1. The molecule has 6 nitrogen and oxygen atoms in total.